The third-order valence-corrected chi connectivity index (χ3v) is 5.10. The van der Waals surface area contributed by atoms with Gasteiger partial charge in [0, 0.05) is 29.3 Å². The van der Waals surface area contributed by atoms with Crippen molar-refractivity contribution in [3.05, 3.63) is 75.1 Å². The van der Waals surface area contributed by atoms with Gasteiger partial charge in [0.15, 0.2) is 5.82 Å². The van der Waals surface area contributed by atoms with Crippen LogP contribution in [0, 0.1) is 15.9 Å². The lowest BCUT2D eigenvalue weighted by Gasteiger charge is -2.17. The number of hydrogen-bond acceptors (Lipinski definition) is 5. The molecule has 0 aromatic heterocycles. The third-order valence-electron chi connectivity index (χ3n) is 5.10. The molecule has 1 aliphatic heterocycles. The van der Waals surface area contributed by atoms with E-state index >= 15 is 0 Å². The quantitative estimate of drug-likeness (QED) is 0.432. The standard InChI is InChI=1S/C21H17FN2O5/c22-18-11-15(29-12-13-5-7-14(8-6-13)24(27)28)9-10-19(18)23-20(25)16-3-1-2-4-17(16)21(23)26/h5-11H,1-4,12H2. The number of nitro groups is 1. The molecule has 0 atom stereocenters. The molecule has 0 bridgehead atoms. The summed E-state index contributed by atoms with van der Waals surface area (Å²) in [5, 5.41) is 10.7. The lowest BCUT2D eigenvalue weighted by atomic mass is 9.93. The van der Waals surface area contributed by atoms with Crippen LogP contribution in [0.5, 0.6) is 5.75 Å². The van der Waals surface area contributed by atoms with Gasteiger partial charge in [0.2, 0.25) is 0 Å². The van der Waals surface area contributed by atoms with Gasteiger partial charge in [0.1, 0.15) is 12.4 Å². The van der Waals surface area contributed by atoms with Gasteiger partial charge in [-0.15, -0.1) is 0 Å². The second-order valence-electron chi connectivity index (χ2n) is 6.94. The first-order chi connectivity index (χ1) is 14.0. The van der Waals surface area contributed by atoms with E-state index in [-0.39, 0.29) is 23.7 Å². The van der Waals surface area contributed by atoms with Crippen molar-refractivity contribution in [2.45, 2.75) is 32.3 Å². The number of non-ortho nitro benzene ring substituents is 1. The summed E-state index contributed by atoms with van der Waals surface area (Å²) < 4.78 is 20.2. The average molecular weight is 396 g/mol. The number of halogens is 1. The molecule has 148 valence electrons. The zero-order chi connectivity index (χ0) is 20.5. The largest absolute Gasteiger partial charge is 0.489 e. The summed E-state index contributed by atoms with van der Waals surface area (Å²) in [5.74, 6) is -1.39. The first-order valence-electron chi connectivity index (χ1n) is 9.22. The van der Waals surface area contributed by atoms with E-state index < -0.39 is 22.6 Å². The smallest absolute Gasteiger partial charge is 0.269 e. The Kier molecular flexibility index (Phi) is 4.84. The molecule has 0 unspecified atom stereocenters. The average Bonchev–Trinajstić information content (AvgIpc) is 2.98. The molecule has 0 radical (unpaired) electrons. The lowest BCUT2D eigenvalue weighted by molar-refractivity contribution is -0.384. The van der Waals surface area contributed by atoms with Crippen molar-refractivity contribution < 1.29 is 23.6 Å². The molecule has 7 nitrogen and oxygen atoms in total. The van der Waals surface area contributed by atoms with Crippen LogP contribution in [-0.2, 0) is 16.2 Å². The van der Waals surface area contributed by atoms with Crippen molar-refractivity contribution in [1.82, 2.24) is 0 Å². The van der Waals surface area contributed by atoms with Crippen LogP contribution in [-0.4, -0.2) is 16.7 Å². The van der Waals surface area contributed by atoms with Gasteiger partial charge in [-0.1, -0.05) is 0 Å². The number of anilines is 1. The summed E-state index contributed by atoms with van der Waals surface area (Å²) in [6.07, 6.45) is 2.80. The summed E-state index contributed by atoms with van der Waals surface area (Å²) in [7, 11) is 0. The number of amides is 2. The fourth-order valence-corrected chi connectivity index (χ4v) is 3.60. The Morgan fingerprint density at radius 3 is 2.17 bits per heavy atom. The number of benzene rings is 2. The van der Waals surface area contributed by atoms with Gasteiger partial charge >= 0.3 is 0 Å². The van der Waals surface area contributed by atoms with Crippen LogP contribution in [0.15, 0.2) is 53.6 Å². The van der Waals surface area contributed by atoms with Crippen molar-refractivity contribution in [2.75, 3.05) is 4.90 Å². The maximum atomic E-state index is 14.7. The van der Waals surface area contributed by atoms with Gasteiger partial charge in [-0.2, -0.15) is 0 Å². The van der Waals surface area contributed by atoms with Crippen LogP contribution in [0.4, 0.5) is 15.8 Å². The number of imide groups is 1. The van der Waals surface area contributed by atoms with Gasteiger partial charge in [0.05, 0.1) is 10.6 Å². The Hall–Kier alpha value is -3.55. The minimum absolute atomic E-state index is 0.0274. The van der Waals surface area contributed by atoms with E-state index in [0.29, 0.717) is 29.6 Å². The van der Waals surface area contributed by atoms with E-state index in [0.717, 1.165) is 23.8 Å². The third kappa shape index (κ3) is 3.49. The first-order valence-corrected chi connectivity index (χ1v) is 9.22. The highest BCUT2D eigenvalue weighted by Crippen LogP contribution is 2.37. The van der Waals surface area contributed by atoms with E-state index in [9.17, 15) is 24.1 Å². The van der Waals surface area contributed by atoms with Crippen molar-refractivity contribution in [2.24, 2.45) is 0 Å². The fourth-order valence-electron chi connectivity index (χ4n) is 3.60. The van der Waals surface area contributed by atoms with Crippen LogP contribution in [0.25, 0.3) is 0 Å². The summed E-state index contributed by atoms with van der Waals surface area (Å²) in [5.41, 5.74) is 1.57. The molecule has 0 spiro atoms. The molecule has 2 aromatic carbocycles. The van der Waals surface area contributed by atoms with E-state index in [4.69, 9.17) is 4.74 Å². The normalized spacial score (nSPS) is 16.2. The van der Waals surface area contributed by atoms with Gasteiger partial charge in [0.25, 0.3) is 17.5 Å². The summed E-state index contributed by atoms with van der Waals surface area (Å²) in [6, 6.07) is 9.81. The molecule has 2 aromatic rings. The fraction of sp³-hybridized carbons (Fsp3) is 0.238. The van der Waals surface area contributed by atoms with Gasteiger partial charge in [-0.05, 0) is 55.5 Å². The number of nitrogens with zero attached hydrogens (tertiary/aromatic N) is 2. The molecule has 0 N–H and O–H groups in total. The lowest BCUT2D eigenvalue weighted by Crippen LogP contribution is -2.32. The molecule has 29 heavy (non-hydrogen) atoms. The molecule has 0 saturated heterocycles. The van der Waals surface area contributed by atoms with Crippen LogP contribution in [0.1, 0.15) is 31.2 Å². The van der Waals surface area contributed by atoms with Crippen molar-refractivity contribution >= 4 is 23.2 Å². The number of nitro benzene ring substituents is 1. The molecular formula is C21H17FN2O5. The van der Waals surface area contributed by atoms with Crippen molar-refractivity contribution in [3.8, 4) is 5.75 Å². The first kappa shape index (κ1) is 18.8. The molecule has 0 fully saturated rings. The van der Waals surface area contributed by atoms with Gasteiger partial charge < -0.3 is 4.74 Å². The topological polar surface area (TPSA) is 89.8 Å². The predicted octanol–water partition coefficient (Wildman–Crippen LogP) is 4.06. The Bertz CT molecular complexity index is 1020. The highest BCUT2D eigenvalue weighted by atomic mass is 19.1. The highest BCUT2D eigenvalue weighted by Gasteiger charge is 2.40. The number of ether oxygens (including phenoxy) is 1. The Labute approximate surface area is 165 Å². The summed E-state index contributed by atoms with van der Waals surface area (Å²) in [6.45, 7) is 0.0915. The van der Waals surface area contributed by atoms with Gasteiger partial charge in [-0.25, -0.2) is 9.29 Å². The summed E-state index contributed by atoms with van der Waals surface area (Å²) >= 11 is 0. The predicted molar refractivity (Wildman–Crippen MR) is 102 cm³/mol. The van der Waals surface area contributed by atoms with Crippen LogP contribution < -0.4 is 9.64 Å². The van der Waals surface area contributed by atoms with E-state index in [2.05, 4.69) is 0 Å². The molecule has 2 aliphatic rings. The van der Waals surface area contributed by atoms with E-state index in [1.807, 2.05) is 0 Å². The Morgan fingerprint density at radius 1 is 1.00 bits per heavy atom. The zero-order valence-electron chi connectivity index (χ0n) is 15.4. The maximum Gasteiger partial charge on any atom is 0.269 e. The second-order valence-corrected chi connectivity index (χ2v) is 6.94. The molecule has 4 rings (SSSR count). The highest BCUT2D eigenvalue weighted by molar-refractivity contribution is 6.33. The van der Waals surface area contributed by atoms with Crippen molar-refractivity contribution in [1.29, 1.82) is 0 Å². The molecule has 1 aliphatic carbocycles. The van der Waals surface area contributed by atoms with Gasteiger partial charge in [-0.3, -0.25) is 19.7 Å². The monoisotopic (exact) mass is 396 g/mol. The minimum atomic E-state index is -0.729. The number of hydrogen-bond donors (Lipinski definition) is 0. The second kappa shape index (κ2) is 7.46. The van der Waals surface area contributed by atoms with Crippen LogP contribution in [0.2, 0.25) is 0 Å². The van der Waals surface area contributed by atoms with E-state index in [1.54, 1.807) is 12.1 Å². The van der Waals surface area contributed by atoms with Crippen LogP contribution >= 0.6 is 0 Å². The summed E-state index contributed by atoms with van der Waals surface area (Å²) in [4.78, 5) is 36.2. The van der Waals surface area contributed by atoms with E-state index in [1.165, 1.54) is 24.3 Å². The zero-order valence-corrected chi connectivity index (χ0v) is 15.4. The van der Waals surface area contributed by atoms with Crippen molar-refractivity contribution in [3.63, 3.8) is 0 Å². The number of rotatable bonds is 5. The molecule has 2 amide bonds. The number of carbonyl (C=O) groups excluding carboxylic acids is 2. The van der Waals surface area contributed by atoms with Crippen LogP contribution in [0.3, 0.4) is 0 Å². The maximum absolute atomic E-state index is 14.7. The Balaban J connectivity index is 1.48. The molecular weight excluding hydrogens is 379 g/mol. The SMILES string of the molecule is O=C1C2=C(CCCC2)C(=O)N1c1ccc(OCc2ccc([N+](=O)[O-])cc2)cc1F. The minimum Gasteiger partial charge on any atom is -0.489 e. The molecule has 8 heteroatoms. The molecule has 0 saturated carbocycles. The Morgan fingerprint density at radius 2 is 1.62 bits per heavy atom. The molecule has 1 heterocycles. The number of carbonyl (C=O) groups is 2.